The zero-order valence-electron chi connectivity index (χ0n) is 9.22. The van der Waals surface area contributed by atoms with Crippen LogP contribution in [0.2, 0.25) is 0 Å². The van der Waals surface area contributed by atoms with Gasteiger partial charge in [-0.1, -0.05) is 52.4 Å². The Bertz CT molecular complexity index is 86.2. The fourth-order valence-corrected chi connectivity index (χ4v) is 1.53. The van der Waals surface area contributed by atoms with E-state index in [9.17, 15) is 0 Å². The Labute approximate surface area is 101 Å². The van der Waals surface area contributed by atoms with Crippen LogP contribution < -0.4 is 5.73 Å². The Kier molecular flexibility index (Phi) is 15.7. The number of hydrogen-bond acceptors (Lipinski definition) is 1. The largest absolute Gasteiger partial charge is 0.330 e. The lowest BCUT2D eigenvalue weighted by Crippen LogP contribution is -2.05. The van der Waals surface area contributed by atoms with Gasteiger partial charge in [-0.05, 0) is 18.9 Å². The molecular formula is C11H26IN. The van der Waals surface area contributed by atoms with E-state index >= 15 is 0 Å². The number of rotatable bonds is 8. The summed E-state index contributed by atoms with van der Waals surface area (Å²) in [5.74, 6) is 0.844. The predicted octanol–water partition coefficient (Wildman–Crippen LogP) is 3.95. The molecule has 1 nitrogen and oxygen atoms in total. The lowest BCUT2D eigenvalue weighted by molar-refractivity contribution is 0.463. The molecule has 13 heavy (non-hydrogen) atoms. The average molecular weight is 299 g/mol. The Morgan fingerprint density at radius 3 is 2.15 bits per heavy atom. The van der Waals surface area contributed by atoms with Crippen LogP contribution in [-0.2, 0) is 0 Å². The van der Waals surface area contributed by atoms with E-state index < -0.39 is 0 Å². The van der Waals surface area contributed by atoms with Crippen LogP contribution in [0, 0.1) is 5.92 Å². The Balaban J connectivity index is 0. The van der Waals surface area contributed by atoms with E-state index in [-0.39, 0.29) is 24.0 Å². The van der Waals surface area contributed by atoms with Gasteiger partial charge in [0.15, 0.2) is 0 Å². The molecule has 0 aromatic heterocycles. The lowest BCUT2D eigenvalue weighted by Gasteiger charge is -2.08. The van der Waals surface area contributed by atoms with Crippen molar-refractivity contribution in [1.29, 1.82) is 0 Å². The molecular weight excluding hydrogens is 273 g/mol. The van der Waals surface area contributed by atoms with Crippen molar-refractivity contribution in [2.24, 2.45) is 11.7 Å². The fraction of sp³-hybridized carbons (Fsp3) is 1.00. The maximum Gasteiger partial charge on any atom is -0.00747 e. The van der Waals surface area contributed by atoms with Crippen molar-refractivity contribution in [3.05, 3.63) is 0 Å². The summed E-state index contributed by atoms with van der Waals surface area (Å²) in [6.07, 6.45) is 9.58. The minimum atomic E-state index is 0. The van der Waals surface area contributed by atoms with Gasteiger partial charge in [0.2, 0.25) is 0 Å². The third-order valence-electron chi connectivity index (χ3n) is 2.46. The molecule has 0 aromatic carbocycles. The van der Waals surface area contributed by atoms with Gasteiger partial charge in [0, 0.05) is 0 Å². The first-order valence-corrected chi connectivity index (χ1v) is 5.51. The van der Waals surface area contributed by atoms with Crippen LogP contribution in [-0.4, -0.2) is 6.54 Å². The van der Waals surface area contributed by atoms with E-state index in [1.807, 2.05) is 0 Å². The highest BCUT2D eigenvalue weighted by Crippen LogP contribution is 2.13. The zero-order chi connectivity index (χ0) is 9.23. The van der Waals surface area contributed by atoms with Crippen LogP contribution in [0.15, 0.2) is 0 Å². The molecule has 0 fully saturated rings. The summed E-state index contributed by atoms with van der Waals surface area (Å²) in [4.78, 5) is 0. The molecule has 0 saturated heterocycles. The Morgan fingerprint density at radius 1 is 1.00 bits per heavy atom. The van der Waals surface area contributed by atoms with Crippen LogP contribution in [0.1, 0.15) is 58.8 Å². The van der Waals surface area contributed by atoms with E-state index in [4.69, 9.17) is 5.73 Å². The summed E-state index contributed by atoms with van der Waals surface area (Å²) < 4.78 is 0. The summed E-state index contributed by atoms with van der Waals surface area (Å²) in [6, 6.07) is 0. The molecule has 0 saturated carbocycles. The number of halogens is 1. The highest BCUT2D eigenvalue weighted by atomic mass is 127. The molecule has 0 aliphatic heterocycles. The second kappa shape index (κ2) is 12.7. The smallest absolute Gasteiger partial charge is 0.00747 e. The first kappa shape index (κ1) is 16.1. The number of hydrogen-bond donors (Lipinski definition) is 1. The minimum Gasteiger partial charge on any atom is -0.330 e. The van der Waals surface area contributed by atoms with E-state index in [0.29, 0.717) is 0 Å². The molecule has 0 aromatic rings. The molecule has 0 amide bonds. The van der Waals surface area contributed by atoms with Crippen molar-refractivity contribution in [3.8, 4) is 0 Å². The lowest BCUT2D eigenvalue weighted by atomic mass is 9.99. The van der Waals surface area contributed by atoms with Crippen molar-refractivity contribution < 1.29 is 0 Å². The maximum absolute atomic E-state index is 5.48. The van der Waals surface area contributed by atoms with Gasteiger partial charge in [0.05, 0.1) is 0 Å². The summed E-state index contributed by atoms with van der Waals surface area (Å²) >= 11 is 0. The zero-order valence-corrected chi connectivity index (χ0v) is 11.6. The second-order valence-electron chi connectivity index (χ2n) is 3.89. The number of unbranched alkanes of at least 4 members (excludes halogenated alkanes) is 4. The average Bonchev–Trinajstić information content (AvgIpc) is 2.05. The van der Waals surface area contributed by atoms with Gasteiger partial charge in [0.1, 0.15) is 0 Å². The summed E-state index contributed by atoms with van der Waals surface area (Å²) in [6.45, 7) is 5.43. The van der Waals surface area contributed by atoms with Gasteiger partial charge in [0.25, 0.3) is 0 Å². The van der Waals surface area contributed by atoms with Crippen molar-refractivity contribution in [3.63, 3.8) is 0 Å². The normalized spacial score (nSPS) is 12.2. The summed E-state index contributed by atoms with van der Waals surface area (Å²) in [7, 11) is 0. The van der Waals surface area contributed by atoms with Gasteiger partial charge >= 0.3 is 0 Å². The molecule has 1 atom stereocenters. The molecule has 0 bridgehead atoms. The van der Waals surface area contributed by atoms with Crippen LogP contribution in [0.3, 0.4) is 0 Å². The molecule has 0 radical (unpaired) electrons. The van der Waals surface area contributed by atoms with Crippen LogP contribution in [0.25, 0.3) is 0 Å². The third kappa shape index (κ3) is 12.7. The van der Waals surface area contributed by atoms with Gasteiger partial charge in [-0.3, -0.25) is 0 Å². The van der Waals surface area contributed by atoms with Crippen LogP contribution >= 0.6 is 24.0 Å². The maximum atomic E-state index is 5.48. The van der Waals surface area contributed by atoms with Gasteiger partial charge in [-0.2, -0.15) is 0 Å². The van der Waals surface area contributed by atoms with E-state index in [1.165, 1.54) is 44.9 Å². The molecule has 1 unspecified atom stereocenters. The monoisotopic (exact) mass is 299 g/mol. The van der Waals surface area contributed by atoms with Gasteiger partial charge < -0.3 is 5.73 Å². The molecule has 0 aliphatic rings. The van der Waals surface area contributed by atoms with Crippen molar-refractivity contribution >= 4 is 24.0 Å². The minimum absolute atomic E-state index is 0. The Morgan fingerprint density at radius 2 is 1.62 bits per heavy atom. The van der Waals surface area contributed by atoms with Gasteiger partial charge in [-0.15, -0.1) is 24.0 Å². The van der Waals surface area contributed by atoms with E-state index in [0.717, 1.165) is 12.5 Å². The quantitative estimate of drug-likeness (QED) is 0.533. The number of nitrogens with two attached hydrogens (primary N) is 1. The second-order valence-corrected chi connectivity index (χ2v) is 3.89. The molecule has 2 N–H and O–H groups in total. The fourth-order valence-electron chi connectivity index (χ4n) is 1.53. The van der Waals surface area contributed by atoms with E-state index in [1.54, 1.807) is 0 Å². The molecule has 0 spiro atoms. The predicted molar refractivity (Wildman–Crippen MR) is 71.6 cm³/mol. The highest BCUT2D eigenvalue weighted by molar-refractivity contribution is 14.0. The van der Waals surface area contributed by atoms with Crippen LogP contribution in [0.4, 0.5) is 0 Å². The topological polar surface area (TPSA) is 26.0 Å². The van der Waals surface area contributed by atoms with Gasteiger partial charge in [-0.25, -0.2) is 0 Å². The SMILES string of the molecule is CCCCCCCC(C)CCN.I. The summed E-state index contributed by atoms with van der Waals surface area (Å²) in [5, 5.41) is 0. The first-order chi connectivity index (χ1) is 5.81. The summed E-state index contributed by atoms with van der Waals surface area (Å²) in [5.41, 5.74) is 5.48. The van der Waals surface area contributed by atoms with E-state index in [2.05, 4.69) is 13.8 Å². The van der Waals surface area contributed by atoms with Crippen molar-refractivity contribution in [1.82, 2.24) is 0 Å². The van der Waals surface area contributed by atoms with Crippen LogP contribution in [0.5, 0.6) is 0 Å². The molecule has 0 heterocycles. The highest BCUT2D eigenvalue weighted by Gasteiger charge is 1.99. The molecule has 82 valence electrons. The first-order valence-electron chi connectivity index (χ1n) is 5.51. The van der Waals surface area contributed by atoms with Crippen molar-refractivity contribution in [2.45, 2.75) is 58.8 Å². The standard InChI is InChI=1S/C11H25N.HI/c1-3-4-5-6-7-8-11(2)9-10-12;/h11H,3-10,12H2,1-2H3;1H. The molecule has 0 aliphatic carbocycles. The molecule has 0 rings (SSSR count). The Hall–Kier alpha value is 0.690. The van der Waals surface area contributed by atoms with Crippen molar-refractivity contribution in [2.75, 3.05) is 6.54 Å². The third-order valence-corrected chi connectivity index (χ3v) is 2.46. The molecule has 2 heteroatoms.